The summed E-state index contributed by atoms with van der Waals surface area (Å²) in [6.45, 7) is 15.0. The van der Waals surface area contributed by atoms with Gasteiger partial charge in [-0.25, -0.2) is 0 Å². The van der Waals surface area contributed by atoms with E-state index < -0.39 is 0 Å². The predicted molar refractivity (Wildman–Crippen MR) is 90.3 cm³/mol. The molecule has 0 aromatic carbocycles. The van der Waals surface area contributed by atoms with Crippen molar-refractivity contribution >= 4 is 0 Å². The molecule has 0 aliphatic carbocycles. The Bertz CT molecular complexity index is 200. The standard InChI is InChI=1S/C10H22O.C8H17N/c1-4-6-8-10(7-5-2)9-11-3;1-7(2)9-5-4-8(3)6-9/h10H,4-9H2,1-3H3;7-8H,4-6H2,1-3H3. The van der Waals surface area contributed by atoms with E-state index in [-0.39, 0.29) is 0 Å². The maximum absolute atomic E-state index is 5.15. The molecular formula is C18H39NO. The highest BCUT2D eigenvalue weighted by Crippen LogP contribution is 2.16. The summed E-state index contributed by atoms with van der Waals surface area (Å²) in [5, 5.41) is 0. The van der Waals surface area contributed by atoms with Crippen LogP contribution in [0.1, 0.15) is 73.1 Å². The summed E-state index contributed by atoms with van der Waals surface area (Å²) >= 11 is 0. The Hall–Kier alpha value is -0.0800. The Kier molecular flexibility index (Phi) is 12.6. The number of methoxy groups -OCH3 is 1. The van der Waals surface area contributed by atoms with E-state index in [1.807, 2.05) is 0 Å². The Morgan fingerprint density at radius 3 is 2.20 bits per heavy atom. The van der Waals surface area contributed by atoms with Crippen molar-refractivity contribution in [3.05, 3.63) is 0 Å². The van der Waals surface area contributed by atoms with Crippen molar-refractivity contribution in [3.8, 4) is 0 Å². The van der Waals surface area contributed by atoms with Gasteiger partial charge in [0.1, 0.15) is 0 Å². The summed E-state index contributed by atoms with van der Waals surface area (Å²) in [4.78, 5) is 2.55. The molecule has 0 bridgehead atoms. The van der Waals surface area contributed by atoms with Gasteiger partial charge >= 0.3 is 0 Å². The molecule has 2 unspecified atom stereocenters. The molecule has 2 nitrogen and oxygen atoms in total. The first-order valence-corrected chi connectivity index (χ1v) is 8.78. The van der Waals surface area contributed by atoms with Crippen LogP contribution in [0.5, 0.6) is 0 Å². The highest BCUT2D eigenvalue weighted by atomic mass is 16.5. The van der Waals surface area contributed by atoms with Gasteiger partial charge in [0.05, 0.1) is 0 Å². The molecule has 2 heteroatoms. The highest BCUT2D eigenvalue weighted by molar-refractivity contribution is 4.74. The average molecular weight is 286 g/mol. The fourth-order valence-corrected chi connectivity index (χ4v) is 2.89. The highest BCUT2D eigenvalue weighted by Gasteiger charge is 2.19. The van der Waals surface area contributed by atoms with Gasteiger partial charge < -0.3 is 9.64 Å². The van der Waals surface area contributed by atoms with Crippen molar-refractivity contribution in [2.45, 2.75) is 79.2 Å². The second-order valence-corrected chi connectivity index (χ2v) is 6.73. The minimum atomic E-state index is 0.759. The summed E-state index contributed by atoms with van der Waals surface area (Å²) < 4.78 is 5.15. The van der Waals surface area contributed by atoms with Crippen LogP contribution in [0.25, 0.3) is 0 Å². The molecule has 1 fully saturated rings. The molecule has 0 saturated carbocycles. The van der Waals surface area contributed by atoms with E-state index in [9.17, 15) is 0 Å². The van der Waals surface area contributed by atoms with E-state index in [2.05, 4.69) is 39.5 Å². The van der Waals surface area contributed by atoms with Crippen molar-refractivity contribution in [2.75, 3.05) is 26.8 Å². The third kappa shape index (κ3) is 9.77. The molecule has 0 spiro atoms. The number of unbranched alkanes of at least 4 members (excludes halogenated alkanes) is 1. The van der Waals surface area contributed by atoms with Crippen LogP contribution < -0.4 is 0 Å². The molecule has 1 heterocycles. The number of likely N-dealkylation sites (tertiary alicyclic amines) is 1. The molecule has 0 aromatic heterocycles. The summed E-state index contributed by atoms with van der Waals surface area (Å²) in [5.74, 6) is 1.75. The van der Waals surface area contributed by atoms with E-state index >= 15 is 0 Å². The maximum atomic E-state index is 5.15. The number of hydrogen-bond acceptors (Lipinski definition) is 2. The van der Waals surface area contributed by atoms with Crippen molar-refractivity contribution in [1.29, 1.82) is 0 Å². The van der Waals surface area contributed by atoms with E-state index in [0.717, 1.165) is 24.5 Å². The van der Waals surface area contributed by atoms with Crippen LogP contribution in [0.2, 0.25) is 0 Å². The molecule has 20 heavy (non-hydrogen) atoms. The van der Waals surface area contributed by atoms with Gasteiger partial charge in [0.2, 0.25) is 0 Å². The molecule has 1 rings (SSSR count). The zero-order valence-corrected chi connectivity index (χ0v) is 15.0. The Morgan fingerprint density at radius 1 is 1.15 bits per heavy atom. The largest absolute Gasteiger partial charge is 0.384 e. The zero-order valence-electron chi connectivity index (χ0n) is 15.0. The van der Waals surface area contributed by atoms with Crippen LogP contribution in [0.15, 0.2) is 0 Å². The van der Waals surface area contributed by atoms with Gasteiger partial charge in [-0.05, 0) is 51.5 Å². The molecule has 1 aliphatic rings. The van der Waals surface area contributed by atoms with Gasteiger partial charge in [-0.2, -0.15) is 0 Å². The predicted octanol–water partition coefficient (Wildman–Crippen LogP) is 4.98. The molecular weight excluding hydrogens is 246 g/mol. The number of nitrogens with zero attached hydrogens (tertiary/aromatic N) is 1. The smallest absolute Gasteiger partial charge is 0.0490 e. The lowest BCUT2D eigenvalue weighted by atomic mass is 9.98. The number of ether oxygens (including phenoxy) is 1. The second kappa shape index (κ2) is 12.6. The van der Waals surface area contributed by atoms with Gasteiger partial charge in [-0.3, -0.25) is 0 Å². The van der Waals surface area contributed by atoms with Gasteiger partial charge in [0, 0.05) is 26.3 Å². The average Bonchev–Trinajstić information content (AvgIpc) is 2.84. The normalized spacial score (nSPS) is 20.9. The van der Waals surface area contributed by atoms with Gasteiger partial charge in [0.25, 0.3) is 0 Å². The van der Waals surface area contributed by atoms with E-state index in [0.29, 0.717) is 0 Å². The van der Waals surface area contributed by atoms with Crippen molar-refractivity contribution in [2.24, 2.45) is 11.8 Å². The van der Waals surface area contributed by atoms with Crippen molar-refractivity contribution < 1.29 is 4.74 Å². The summed E-state index contributed by atoms with van der Waals surface area (Å²) in [6.07, 6.45) is 8.03. The molecule has 0 N–H and O–H groups in total. The molecule has 2 atom stereocenters. The monoisotopic (exact) mass is 285 g/mol. The summed E-state index contributed by atoms with van der Waals surface area (Å²) in [5.41, 5.74) is 0. The minimum absolute atomic E-state index is 0.759. The van der Waals surface area contributed by atoms with Crippen molar-refractivity contribution in [1.82, 2.24) is 4.90 Å². The minimum Gasteiger partial charge on any atom is -0.384 e. The lowest BCUT2D eigenvalue weighted by Crippen LogP contribution is -2.27. The van der Waals surface area contributed by atoms with Crippen LogP contribution in [-0.2, 0) is 4.74 Å². The van der Waals surface area contributed by atoms with E-state index in [1.165, 1.54) is 51.6 Å². The maximum Gasteiger partial charge on any atom is 0.0490 e. The zero-order chi connectivity index (χ0) is 15.4. The topological polar surface area (TPSA) is 12.5 Å². The Balaban J connectivity index is 0.000000367. The molecule has 0 amide bonds. The van der Waals surface area contributed by atoms with E-state index in [1.54, 1.807) is 7.11 Å². The fourth-order valence-electron chi connectivity index (χ4n) is 2.89. The SMILES string of the molecule is CC1CCN(C(C)C)C1.CCCCC(CCC)COC. The quantitative estimate of drug-likeness (QED) is 0.624. The molecule has 1 saturated heterocycles. The van der Waals surface area contributed by atoms with Gasteiger partial charge in [0.15, 0.2) is 0 Å². The van der Waals surface area contributed by atoms with Gasteiger partial charge in [-0.1, -0.05) is 40.0 Å². The number of hydrogen-bond donors (Lipinski definition) is 0. The van der Waals surface area contributed by atoms with Gasteiger partial charge in [-0.15, -0.1) is 0 Å². The molecule has 1 aliphatic heterocycles. The van der Waals surface area contributed by atoms with Crippen LogP contribution in [0.3, 0.4) is 0 Å². The summed E-state index contributed by atoms with van der Waals surface area (Å²) in [6, 6.07) is 0.759. The number of rotatable bonds is 8. The molecule has 0 aromatic rings. The van der Waals surface area contributed by atoms with Crippen LogP contribution in [-0.4, -0.2) is 37.7 Å². The first kappa shape index (κ1) is 19.9. The second-order valence-electron chi connectivity index (χ2n) is 6.73. The lowest BCUT2D eigenvalue weighted by Gasteiger charge is -2.19. The third-order valence-corrected chi connectivity index (χ3v) is 4.25. The van der Waals surface area contributed by atoms with Crippen molar-refractivity contribution in [3.63, 3.8) is 0 Å². The summed E-state index contributed by atoms with van der Waals surface area (Å²) in [7, 11) is 1.80. The fraction of sp³-hybridized carbons (Fsp3) is 1.00. The lowest BCUT2D eigenvalue weighted by molar-refractivity contribution is 0.141. The van der Waals surface area contributed by atoms with Crippen LogP contribution in [0, 0.1) is 11.8 Å². The first-order chi connectivity index (χ1) is 9.54. The Labute approximate surface area is 128 Å². The first-order valence-electron chi connectivity index (χ1n) is 8.78. The molecule has 0 radical (unpaired) electrons. The van der Waals surface area contributed by atoms with E-state index in [4.69, 9.17) is 4.74 Å². The third-order valence-electron chi connectivity index (χ3n) is 4.25. The van der Waals surface area contributed by atoms with Crippen LogP contribution in [0.4, 0.5) is 0 Å². The molecule has 122 valence electrons. The Morgan fingerprint density at radius 2 is 1.85 bits per heavy atom. The van der Waals surface area contributed by atoms with Crippen LogP contribution >= 0.6 is 0 Å².